The molecule has 2 aromatic rings. The van der Waals surface area contributed by atoms with Crippen molar-refractivity contribution >= 4 is 17.7 Å². The van der Waals surface area contributed by atoms with Crippen LogP contribution in [0.5, 0.6) is 0 Å². The fourth-order valence-electron chi connectivity index (χ4n) is 1.88. The van der Waals surface area contributed by atoms with Crippen molar-refractivity contribution in [3.8, 4) is 0 Å². The first-order valence-electron chi connectivity index (χ1n) is 6.63. The first-order valence-corrected chi connectivity index (χ1v) is 6.63. The highest BCUT2D eigenvalue weighted by Gasteiger charge is 2.17. The molecule has 0 amide bonds. The quantitative estimate of drug-likeness (QED) is 0.641. The third kappa shape index (κ3) is 4.02. The van der Waals surface area contributed by atoms with Gasteiger partial charge in [0.2, 0.25) is 0 Å². The van der Waals surface area contributed by atoms with Crippen molar-refractivity contribution in [2.75, 3.05) is 0 Å². The summed E-state index contributed by atoms with van der Waals surface area (Å²) in [6.45, 7) is 1.43. The Kier molecular flexibility index (Phi) is 5.03. The highest BCUT2D eigenvalue weighted by Crippen LogP contribution is 2.12. The van der Waals surface area contributed by atoms with Gasteiger partial charge in [0.05, 0.1) is 11.1 Å². The smallest absolute Gasteiger partial charge is 0.300 e. The van der Waals surface area contributed by atoms with Crippen molar-refractivity contribution in [2.24, 2.45) is 0 Å². The Morgan fingerprint density at radius 2 is 1.41 bits per heavy atom. The molecule has 5 nitrogen and oxygen atoms in total. The molecule has 0 spiro atoms. The summed E-state index contributed by atoms with van der Waals surface area (Å²) >= 11 is 0. The summed E-state index contributed by atoms with van der Waals surface area (Å²) in [6, 6.07) is 14.7. The summed E-state index contributed by atoms with van der Waals surface area (Å²) in [4.78, 5) is 44.0. The van der Waals surface area contributed by atoms with E-state index in [2.05, 4.69) is 9.78 Å². The Hall–Kier alpha value is -2.95. The summed E-state index contributed by atoms with van der Waals surface area (Å²) < 4.78 is 0. The zero-order valence-corrected chi connectivity index (χ0v) is 11.9. The van der Waals surface area contributed by atoms with Gasteiger partial charge in [-0.05, 0) is 30.7 Å². The van der Waals surface area contributed by atoms with Crippen LogP contribution in [0, 0.1) is 0 Å². The standard InChI is InChI=1S/C17H14O5/c1-12(18)11-14-9-5-6-10-15(14)17(20)22-21-16(19)13-7-3-2-4-8-13/h2-10H,11H2,1H3. The minimum atomic E-state index is -0.818. The van der Waals surface area contributed by atoms with E-state index >= 15 is 0 Å². The number of carbonyl (C=O) groups is 3. The Labute approximate surface area is 127 Å². The molecule has 22 heavy (non-hydrogen) atoms. The molecule has 0 saturated heterocycles. The second-order valence-corrected chi connectivity index (χ2v) is 4.64. The van der Waals surface area contributed by atoms with Crippen LogP contribution in [0.15, 0.2) is 54.6 Å². The van der Waals surface area contributed by atoms with Gasteiger partial charge in [-0.15, -0.1) is 0 Å². The number of carbonyl (C=O) groups excluding carboxylic acids is 3. The van der Waals surface area contributed by atoms with Crippen molar-refractivity contribution in [2.45, 2.75) is 13.3 Å². The molecule has 0 fully saturated rings. The van der Waals surface area contributed by atoms with Crippen LogP contribution in [0.2, 0.25) is 0 Å². The van der Waals surface area contributed by atoms with Crippen molar-refractivity contribution in [1.29, 1.82) is 0 Å². The number of hydrogen-bond donors (Lipinski definition) is 0. The summed E-state index contributed by atoms with van der Waals surface area (Å²) in [6.07, 6.45) is 0.109. The number of benzene rings is 2. The fourth-order valence-corrected chi connectivity index (χ4v) is 1.88. The maximum atomic E-state index is 12.0. The lowest BCUT2D eigenvalue weighted by Gasteiger charge is -2.07. The van der Waals surface area contributed by atoms with E-state index in [0.717, 1.165) is 0 Å². The van der Waals surface area contributed by atoms with Crippen molar-refractivity contribution in [3.63, 3.8) is 0 Å². The molecule has 0 aliphatic carbocycles. The predicted molar refractivity (Wildman–Crippen MR) is 78.1 cm³/mol. The van der Waals surface area contributed by atoms with Gasteiger partial charge >= 0.3 is 11.9 Å². The molecule has 0 N–H and O–H groups in total. The SMILES string of the molecule is CC(=O)Cc1ccccc1C(=O)OOC(=O)c1ccccc1. The van der Waals surface area contributed by atoms with Crippen LogP contribution in [0.25, 0.3) is 0 Å². The maximum absolute atomic E-state index is 12.0. The van der Waals surface area contributed by atoms with Crippen molar-refractivity contribution in [3.05, 3.63) is 71.3 Å². The first-order chi connectivity index (χ1) is 10.6. The molecular weight excluding hydrogens is 284 g/mol. The van der Waals surface area contributed by atoms with Gasteiger partial charge in [0, 0.05) is 6.42 Å². The molecule has 0 unspecified atom stereocenters. The van der Waals surface area contributed by atoms with Crippen LogP contribution in [0.1, 0.15) is 33.2 Å². The number of Topliss-reactive ketones (excluding diaryl/α,β-unsaturated/α-hetero) is 1. The fraction of sp³-hybridized carbons (Fsp3) is 0.118. The van der Waals surface area contributed by atoms with Gasteiger partial charge in [0.1, 0.15) is 5.78 Å². The average Bonchev–Trinajstić information content (AvgIpc) is 2.53. The molecule has 2 rings (SSSR count). The topological polar surface area (TPSA) is 69.7 Å². The Morgan fingerprint density at radius 1 is 0.818 bits per heavy atom. The largest absolute Gasteiger partial charge is 0.386 e. The van der Waals surface area contributed by atoms with Crippen molar-refractivity contribution < 1.29 is 24.2 Å². The highest BCUT2D eigenvalue weighted by molar-refractivity contribution is 5.94. The van der Waals surface area contributed by atoms with Gasteiger partial charge in [0.15, 0.2) is 0 Å². The Morgan fingerprint density at radius 3 is 2.09 bits per heavy atom. The van der Waals surface area contributed by atoms with Gasteiger partial charge < -0.3 is 0 Å². The summed E-state index contributed by atoms with van der Waals surface area (Å²) in [5.41, 5.74) is 0.988. The monoisotopic (exact) mass is 298 g/mol. The van der Waals surface area contributed by atoms with E-state index in [1.165, 1.54) is 13.0 Å². The summed E-state index contributed by atoms with van der Waals surface area (Å²) in [5, 5.41) is 0. The number of hydrogen-bond acceptors (Lipinski definition) is 5. The van der Waals surface area contributed by atoms with Gasteiger partial charge in [-0.2, -0.15) is 0 Å². The minimum absolute atomic E-state index is 0.0819. The first kappa shape index (κ1) is 15.4. The molecule has 0 atom stereocenters. The third-order valence-corrected chi connectivity index (χ3v) is 2.88. The minimum Gasteiger partial charge on any atom is -0.300 e. The lowest BCUT2D eigenvalue weighted by Crippen LogP contribution is -2.14. The van der Waals surface area contributed by atoms with E-state index in [1.54, 1.807) is 48.5 Å². The molecule has 0 radical (unpaired) electrons. The van der Waals surface area contributed by atoms with E-state index in [9.17, 15) is 14.4 Å². The van der Waals surface area contributed by atoms with E-state index in [4.69, 9.17) is 0 Å². The zero-order valence-electron chi connectivity index (χ0n) is 11.9. The lowest BCUT2D eigenvalue weighted by molar-refractivity contribution is -0.187. The molecule has 5 heteroatoms. The molecular formula is C17H14O5. The van der Waals surface area contributed by atoms with E-state index in [0.29, 0.717) is 5.56 Å². The van der Waals surface area contributed by atoms with Crippen LogP contribution in [-0.4, -0.2) is 17.7 Å². The third-order valence-electron chi connectivity index (χ3n) is 2.88. The molecule has 112 valence electrons. The zero-order chi connectivity index (χ0) is 15.9. The second kappa shape index (κ2) is 7.17. The van der Waals surface area contributed by atoms with Crippen LogP contribution < -0.4 is 0 Å². The highest BCUT2D eigenvalue weighted by atomic mass is 17.2. The number of ketones is 1. The van der Waals surface area contributed by atoms with Crippen LogP contribution in [-0.2, 0) is 21.0 Å². The second-order valence-electron chi connectivity index (χ2n) is 4.64. The Bertz CT molecular complexity index is 691. The lowest BCUT2D eigenvalue weighted by atomic mass is 10.0. The van der Waals surface area contributed by atoms with E-state index < -0.39 is 11.9 Å². The van der Waals surface area contributed by atoms with Crippen LogP contribution >= 0.6 is 0 Å². The molecule has 0 saturated carbocycles. The Balaban J connectivity index is 2.04. The summed E-state index contributed by atoms with van der Waals surface area (Å²) in [7, 11) is 0. The van der Waals surface area contributed by atoms with Crippen molar-refractivity contribution in [1.82, 2.24) is 0 Å². The molecule has 0 aliphatic heterocycles. The molecule has 0 aliphatic rings. The van der Waals surface area contributed by atoms with E-state index in [1.807, 2.05) is 0 Å². The maximum Gasteiger partial charge on any atom is 0.386 e. The molecule has 2 aromatic carbocycles. The van der Waals surface area contributed by atoms with Gasteiger partial charge in [-0.25, -0.2) is 19.4 Å². The van der Waals surface area contributed by atoms with E-state index in [-0.39, 0.29) is 23.3 Å². The van der Waals surface area contributed by atoms with Gasteiger partial charge in [-0.1, -0.05) is 36.4 Å². The number of rotatable bonds is 4. The predicted octanol–water partition coefficient (Wildman–Crippen LogP) is 2.75. The van der Waals surface area contributed by atoms with Crippen LogP contribution in [0.3, 0.4) is 0 Å². The molecule has 0 aromatic heterocycles. The van der Waals surface area contributed by atoms with Crippen LogP contribution in [0.4, 0.5) is 0 Å². The van der Waals surface area contributed by atoms with Gasteiger partial charge in [0.25, 0.3) is 0 Å². The average molecular weight is 298 g/mol. The molecule has 0 bridgehead atoms. The molecule has 0 heterocycles. The van der Waals surface area contributed by atoms with Gasteiger partial charge in [-0.3, -0.25) is 4.79 Å². The normalized spacial score (nSPS) is 9.86. The summed E-state index contributed by atoms with van der Waals surface area (Å²) in [5.74, 6) is -1.67.